The predicted molar refractivity (Wildman–Crippen MR) is 42.3 cm³/mol. The molecule has 0 fully saturated rings. The van der Waals surface area contributed by atoms with Crippen LogP contribution in [0.2, 0.25) is 0 Å². The van der Waals surface area contributed by atoms with Crippen molar-refractivity contribution in [2.24, 2.45) is 0 Å². The number of nitro groups is 1. The van der Waals surface area contributed by atoms with Crippen LogP contribution in [0.3, 0.4) is 0 Å². The van der Waals surface area contributed by atoms with Gasteiger partial charge in [-0.1, -0.05) is 12.1 Å². The maximum absolute atomic E-state index is 10.3. The molecular formula is C8H8NO2. The van der Waals surface area contributed by atoms with Crippen molar-refractivity contribution in [3.63, 3.8) is 0 Å². The number of hydrogen-bond donors (Lipinski definition) is 0. The minimum Gasteiger partial charge on any atom is -0.258 e. The van der Waals surface area contributed by atoms with Gasteiger partial charge in [0.25, 0.3) is 5.69 Å². The summed E-state index contributed by atoms with van der Waals surface area (Å²) in [6.45, 7) is 5.40. The molecule has 0 aromatic heterocycles. The topological polar surface area (TPSA) is 43.1 Å². The highest BCUT2D eigenvalue weighted by atomic mass is 16.6. The zero-order chi connectivity index (χ0) is 8.43. The number of benzene rings is 1. The number of rotatable bonds is 1. The molecular weight excluding hydrogens is 142 g/mol. The fourth-order valence-electron chi connectivity index (χ4n) is 0.858. The van der Waals surface area contributed by atoms with Crippen LogP contribution in [-0.2, 0) is 0 Å². The van der Waals surface area contributed by atoms with E-state index in [0.29, 0.717) is 5.56 Å². The van der Waals surface area contributed by atoms with Gasteiger partial charge >= 0.3 is 0 Å². The second-order valence-electron chi connectivity index (χ2n) is 2.33. The van der Waals surface area contributed by atoms with Crippen molar-refractivity contribution in [3.05, 3.63) is 46.4 Å². The minimum absolute atomic E-state index is 0.0880. The summed E-state index contributed by atoms with van der Waals surface area (Å²) in [4.78, 5) is 9.92. The summed E-state index contributed by atoms with van der Waals surface area (Å²) in [5.74, 6) is 0. The molecule has 1 radical (unpaired) electrons. The number of hydrogen-bond acceptors (Lipinski definition) is 2. The van der Waals surface area contributed by atoms with Crippen molar-refractivity contribution < 1.29 is 4.92 Å². The maximum atomic E-state index is 10.3. The summed E-state index contributed by atoms with van der Waals surface area (Å²) in [5.41, 5.74) is 1.43. The van der Waals surface area contributed by atoms with E-state index in [1.165, 1.54) is 6.07 Å². The Balaban J connectivity index is 3.27. The highest BCUT2D eigenvalue weighted by molar-refractivity contribution is 5.46. The first-order valence-electron chi connectivity index (χ1n) is 3.19. The lowest BCUT2D eigenvalue weighted by molar-refractivity contribution is -0.385. The quantitative estimate of drug-likeness (QED) is 0.454. The van der Waals surface area contributed by atoms with Gasteiger partial charge in [0.15, 0.2) is 0 Å². The highest BCUT2D eigenvalue weighted by Crippen LogP contribution is 2.19. The average molecular weight is 150 g/mol. The molecule has 0 aliphatic carbocycles. The molecule has 0 saturated carbocycles. The summed E-state index contributed by atoms with van der Waals surface area (Å²) in [6, 6.07) is 4.91. The average Bonchev–Trinajstić information content (AvgIpc) is 1.94. The van der Waals surface area contributed by atoms with E-state index in [0.717, 1.165) is 5.56 Å². The van der Waals surface area contributed by atoms with Crippen LogP contribution < -0.4 is 0 Å². The molecule has 0 aliphatic rings. The Labute approximate surface area is 64.8 Å². The van der Waals surface area contributed by atoms with Crippen molar-refractivity contribution in [1.82, 2.24) is 0 Å². The van der Waals surface area contributed by atoms with Gasteiger partial charge < -0.3 is 0 Å². The number of nitrogens with zero attached hydrogens (tertiary/aromatic N) is 1. The smallest absolute Gasteiger partial charge is 0.258 e. The highest BCUT2D eigenvalue weighted by Gasteiger charge is 2.09. The molecule has 0 amide bonds. The van der Waals surface area contributed by atoms with E-state index in [1.54, 1.807) is 19.1 Å². The van der Waals surface area contributed by atoms with Gasteiger partial charge in [0.1, 0.15) is 0 Å². The molecule has 0 bridgehead atoms. The maximum Gasteiger partial charge on any atom is 0.272 e. The van der Waals surface area contributed by atoms with Crippen molar-refractivity contribution in [3.8, 4) is 0 Å². The van der Waals surface area contributed by atoms with Gasteiger partial charge in [-0.25, -0.2) is 0 Å². The summed E-state index contributed by atoms with van der Waals surface area (Å²) in [5, 5.41) is 10.3. The van der Waals surface area contributed by atoms with E-state index >= 15 is 0 Å². The van der Waals surface area contributed by atoms with E-state index in [-0.39, 0.29) is 5.69 Å². The summed E-state index contributed by atoms with van der Waals surface area (Å²) in [6.07, 6.45) is 0. The molecule has 0 spiro atoms. The third-order valence-corrected chi connectivity index (χ3v) is 1.58. The van der Waals surface area contributed by atoms with Crippen LogP contribution >= 0.6 is 0 Å². The molecule has 1 rings (SSSR count). The van der Waals surface area contributed by atoms with E-state index in [2.05, 4.69) is 6.92 Å². The van der Waals surface area contributed by atoms with Gasteiger partial charge in [0.2, 0.25) is 0 Å². The zero-order valence-electron chi connectivity index (χ0n) is 6.20. The number of nitro benzene ring substituents is 1. The van der Waals surface area contributed by atoms with Gasteiger partial charge in [0, 0.05) is 11.6 Å². The lowest BCUT2D eigenvalue weighted by atomic mass is 10.1. The molecule has 57 valence electrons. The Hall–Kier alpha value is -1.38. The fourth-order valence-corrected chi connectivity index (χ4v) is 0.858. The molecule has 0 heterocycles. The van der Waals surface area contributed by atoms with Crippen molar-refractivity contribution in [2.45, 2.75) is 6.92 Å². The van der Waals surface area contributed by atoms with Crippen molar-refractivity contribution >= 4 is 5.69 Å². The Morgan fingerprint density at radius 1 is 1.55 bits per heavy atom. The minimum atomic E-state index is -0.421. The van der Waals surface area contributed by atoms with Crippen molar-refractivity contribution in [1.29, 1.82) is 0 Å². The SMILES string of the molecule is [CH2]c1c(C)cccc1[N+](=O)[O-]. The Bertz CT molecular complexity index is 294. The van der Waals surface area contributed by atoms with Gasteiger partial charge in [-0.3, -0.25) is 10.1 Å². The molecule has 0 unspecified atom stereocenters. The molecule has 1 aromatic rings. The molecule has 3 nitrogen and oxygen atoms in total. The van der Waals surface area contributed by atoms with E-state index < -0.39 is 4.92 Å². The lowest BCUT2D eigenvalue weighted by Crippen LogP contribution is -1.92. The largest absolute Gasteiger partial charge is 0.272 e. The molecule has 0 aliphatic heterocycles. The first-order valence-corrected chi connectivity index (χ1v) is 3.19. The van der Waals surface area contributed by atoms with Crippen LogP contribution in [0.25, 0.3) is 0 Å². The van der Waals surface area contributed by atoms with E-state index in [9.17, 15) is 10.1 Å². The second kappa shape index (κ2) is 2.70. The van der Waals surface area contributed by atoms with E-state index in [4.69, 9.17) is 0 Å². The van der Waals surface area contributed by atoms with Gasteiger partial charge in [-0.15, -0.1) is 0 Å². The Morgan fingerprint density at radius 3 is 2.64 bits per heavy atom. The lowest BCUT2D eigenvalue weighted by Gasteiger charge is -1.98. The van der Waals surface area contributed by atoms with Crippen LogP contribution in [-0.4, -0.2) is 4.92 Å². The fraction of sp³-hybridized carbons (Fsp3) is 0.125. The van der Waals surface area contributed by atoms with Crippen LogP contribution in [0.15, 0.2) is 18.2 Å². The molecule has 0 atom stereocenters. The normalized spacial score (nSPS) is 9.64. The molecule has 0 N–H and O–H groups in total. The van der Waals surface area contributed by atoms with Crippen LogP contribution in [0.1, 0.15) is 11.1 Å². The van der Waals surface area contributed by atoms with Gasteiger partial charge in [-0.2, -0.15) is 0 Å². The second-order valence-corrected chi connectivity index (χ2v) is 2.33. The molecule has 11 heavy (non-hydrogen) atoms. The monoisotopic (exact) mass is 150 g/mol. The molecule has 0 saturated heterocycles. The first-order chi connectivity index (χ1) is 5.13. The Morgan fingerprint density at radius 2 is 2.18 bits per heavy atom. The summed E-state index contributed by atoms with van der Waals surface area (Å²) < 4.78 is 0. The van der Waals surface area contributed by atoms with Crippen LogP contribution in [0.4, 0.5) is 5.69 Å². The summed E-state index contributed by atoms with van der Waals surface area (Å²) >= 11 is 0. The predicted octanol–water partition coefficient (Wildman–Crippen LogP) is 2.09. The van der Waals surface area contributed by atoms with Gasteiger partial charge in [-0.05, 0) is 19.4 Å². The molecule has 1 aromatic carbocycles. The standard InChI is InChI=1S/C8H8NO2/c1-6-4-3-5-8(7(6)2)9(10)11/h3-5H,2H2,1H3. The zero-order valence-corrected chi connectivity index (χ0v) is 6.20. The van der Waals surface area contributed by atoms with E-state index in [1.807, 2.05) is 0 Å². The van der Waals surface area contributed by atoms with Crippen LogP contribution in [0.5, 0.6) is 0 Å². The van der Waals surface area contributed by atoms with Crippen LogP contribution in [0, 0.1) is 24.0 Å². The molecule has 3 heteroatoms. The third kappa shape index (κ3) is 1.37. The third-order valence-electron chi connectivity index (χ3n) is 1.58. The number of aryl methyl sites for hydroxylation is 1. The van der Waals surface area contributed by atoms with Crippen molar-refractivity contribution in [2.75, 3.05) is 0 Å². The summed E-state index contributed by atoms with van der Waals surface area (Å²) in [7, 11) is 0. The first kappa shape index (κ1) is 7.72. The van der Waals surface area contributed by atoms with Gasteiger partial charge in [0.05, 0.1) is 4.92 Å². The Kier molecular flexibility index (Phi) is 1.89.